The number of aromatic nitrogens is 2. The maximum atomic E-state index is 10.3. The Balaban J connectivity index is 2.16. The van der Waals surface area contributed by atoms with Gasteiger partial charge in [0.2, 0.25) is 0 Å². The fraction of sp³-hybridized carbons (Fsp3) is 0.429. The lowest BCUT2D eigenvalue weighted by Crippen LogP contribution is -2.44. The van der Waals surface area contributed by atoms with Gasteiger partial charge in [0.05, 0.1) is 19.3 Å². The highest BCUT2D eigenvalue weighted by molar-refractivity contribution is 6.34. The number of rotatable bonds is 1. The summed E-state index contributed by atoms with van der Waals surface area (Å²) in [6.07, 6.45) is 1.64. The highest BCUT2D eigenvalue weighted by atomic mass is 35.5. The third-order valence-corrected chi connectivity index (χ3v) is 3.88. The van der Waals surface area contributed by atoms with E-state index >= 15 is 0 Å². The first-order chi connectivity index (χ1) is 9.58. The van der Waals surface area contributed by atoms with Crippen LogP contribution in [-0.4, -0.2) is 40.9 Å². The second kappa shape index (κ2) is 5.07. The van der Waals surface area contributed by atoms with E-state index in [9.17, 15) is 5.11 Å². The third-order valence-electron chi connectivity index (χ3n) is 3.61. The minimum absolute atomic E-state index is 0.186. The molecule has 0 bridgehead atoms. The van der Waals surface area contributed by atoms with Crippen LogP contribution in [0.15, 0.2) is 12.3 Å². The van der Waals surface area contributed by atoms with E-state index in [0.29, 0.717) is 35.1 Å². The maximum Gasteiger partial charge on any atom is 0.155 e. The molecule has 0 radical (unpaired) electrons. The molecule has 5 nitrogen and oxygen atoms in total. The number of nitrogens with zero attached hydrogens (tertiary/aromatic N) is 3. The molecule has 1 unspecified atom stereocenters. The van der Waals surface area contributed by atoms with Crippen molar-refractivity contribution in [3.8, 4) is 5.75 Å². The summed E-state index contributed by atoms with van der Waals surface area (Å²) in [5, 5.41) is 11.3. The van der Waals surface area contributed by atoms with Crippen LogP contribution >= 0.6 is 11.6 Å². The number of hydrogen-bond donors (Lipinski definition) is 1. The van der Waals surface area contributed by atoms with Gasteiger partial charge in [-0.05, 0) is 19.4 Å². The maximum absolute atomic E-state index is 10.3. The zero-order valence-electron chi connectivity index (χ0n) is 11.4. The molecule has 1 aliphatic heterocycles. The summed E-state index contributed by atoms with van der Waals surface area (Å²) in [7, 11) is 0. The molecule has 0 amide bonds. The molecule has 1 aliphatic rings. The number of halogens is 1. The van der Waals surface area contributed by atoms with Crippen molar-refractivity contribution in [3.63, 3.8) is 0 Å². The molecule has 20 heavy (non-hydrogen) atoms. The van der Waals surface area contributed by atoms with Crippen LogP contribution in [-0.2, 0) is 4.74 Å². The van der Waals surface area contributed by atoms with Crippen LogP contribution in [0.4, 0.5) is 5.82 Å². The average Bonchev–Trinajstić information content (AvgIpc) is 2.43. The van der Waals surface area contributed by atoms with Crippen molar-refractivity contribution in [1.82, 2.24) is 9.97 Å². The van der Waals surface area contributed by atoms with Crippen LogP contribution in [0.25, 0.3) is 10.9 Å². The number of morpholine rings is 1. The van der Waals surface area contributed by atoms with Crippen LogP contribution in [0, 0.1) is 6.92 Å². The Bertz CT molecular complexity index is 662. The van der Waals surface area contributed by atoms with Gasteiger partial charge in [-0.1, -0.05) is 11.6 Å². The van der Waals surface area contributed by atoms with Gasteiger partial charge in [0.15, 0.2) is 5.15 Å². The number of anilines is 1. The summed E-state index contributed by atoms with van der Waals surface area (Å²) in [5.41, 5.74) is 1.40. The molecule has 2 aromatic rings. The van der Waals surface area contributed by atoms with Gasteiger partial charge in [0.25, 0.3) is 0 Å². The first-order valence-electron chi connectivity index (χ1n) is 6.57. The number of aryl methyl sites for hydroxylation is 1. The van der Waals surface area contributed by atoms with Gasteiger partial charge >= 0.3 is 0 Å². The topological polar surface area (TPSA) is 58.5 Å². The van der Waals surface area contributed by atoms with Gasteiger partial charge in [0.1, 0.15) is 17.1 Å². The Hall–Kier alpha value is -1.59. The highest BCUT2D eigenvalue weighted by Gasteiger charge is 2.22. The van der Waals surface area contributed by atoms with Crippen molar-refractivity contribution < 1.29 is 9.84 Å². The Labute approximate surface area is 122 Å². The van der Waals surface area contributed by atoms with Gasteiger partial charge in [-0.25, -0.2) is 9.97 Å². The Morgan fingerprint density at radius 3 is 3.05 bits per heavy atom. The molecule has 106 valence electrons. The van der Waals surface area contributed by atoms with E-state index in [1.165, 1.54) is 0 Å². The molecule has 0 aliphatic carbocycles. The van der Waals surface area contributed by atoms with Crippen molar-refractivity contribution >= 4 is 28.3 Å². The SMILES string of the molecule is Cc1cnc(Cl)c2nc(N3CCOCC3C)cc(O)c12. The smallest absolute Gasteiger partial charge is 0.155 e. The van der Waals surface area contributed by atoms with Gasteiger partial charge in [-0.2, -0.15) is 0 Å². The zero-order chi connectivity index (χ0) is 14.3. The summed E-state index contributed by atoms with van der Waals surface area (Å²) in [5.74, 6) is 0.894. The minimum atomic E-state index is 0.186. The lowest BCUT2D eigenvalue weighted by atomic mass is 10.1. The van der Waals surface area contributed by atoms with Crippen molar-refractivity contribution in [3.05, 3.63) is 23.0 Å². The first-order valence-corrected chi connectivity index (χ1v) is 6.95. The molecule has 1 fully saturated rings. The molecular formula is C14H16ClN3O2. The highest BCUT2D eigenvalue weighted by Crippen LogP contribution is 2.33. The molecular weight excluding hydrogens is 278 g/mol. The third kappa shape index (κ3) is 2.17. The Kier molecular flexibility index (Phi) is 3.40. The fourth-order valence-electron chi connectivity index (χ4n) is 2.55. The molecule has 1 saturated heterocycles. The molecule has 0 saturated carbocycles. The largest absolute Gasteiger partial charge is 0.507 e. The summed E-state index contributed by atoms with van der Waals surface area (Å²) >= 11 is 6.12. The molecule has 2 aromatic heterocycles. The van der Waals surface area contributed by atoms with Gasteiger partial charge in [-0.15, -0.1) is 0 Å². The van der Waals surface area contributed by atoms with Crippen molar-refractivity contribution in [2.75, 3.05) is 24.7 Å². The molecule has 3 heterocycles. The predicted octanol–water partition coefficient (Wildman–Crippen LogP) is 2.52. The lowest BCUT2D eigenvalue weighted by molar-refractivity contribution is 0.0985. The standard InChI is InChI=1S/C14H16ClN3O2/c1-8-6-16-14(15)13-12(8)10(19)5-11(17-13)18-3-4-20-7-9(18)2/h5-6,9H,3-4,7H2,1-2H3,(H,17,19). The predicted molar refractivity (Wildman–Crippen MR) is 78.6 cm³/mol. The van der Waals surface area contributed by atoms with Crippen LogP contribution < -0.4 is 4.90 Å². The summed E-state index contributed by atoms with van der Waals surface area (Å²) in [6.45, 7) is 6.00. The van der Waals surface area contributed by atoms with E-state index in [-0.39, 0.29) is 11.8 Å². The van der Waals surface area contributed by atoms with Crippen molar-refractivity contribution in [2.24, 2.45) is 0 Å². The van der Waals surface area contributed by atoms with E-state index < -0.39 is 0 Å². The summed E-state index contributed by atoms with van der Waals surface area (Å²) in [4.78, 5) is 10.8. The second-order valence-corrected chi connectivity index (χ2v) is 5.43. The van der Waals surface area contributed by atoms with Crippen LogP contribution in [0.3, 0.4) is 0 Å². The number of ether oxygens (including phenoxy) is 1. The van der Waals surface area contributed by atoms with Crippen molar-refractivity contribution in [2.45, 2.75) is 19.9 Å². The summed E-state index contributed by atoms with van der Waals surface area (Å²) in [6, 6.07) is 1.90. The van der Waals surface area contributed by atoms with E-state index in [2.05, 4.69) is 21.8 Å². The number of hydrogen-bond acceptors (Lipinski definition) is 5. The van der Waals surface area contributed by atoms with Gasteiger partial charge in [0, 0.05) is 24.2 Å². The molecule has 3 rings (SSSR count). The summed E-state index contributed by atoms with van der Waals surface area (Å²) < 4.78 is 5.42. The Morgan fingerprint density at radius 1 is 1.50 bits per heavy atom. The molecule has 0 spiro atoms. The normalized spacial score (nSPS) is 19.6. The number of fused-ring (bicyclic) bond motifs is 1. The molecule has 1 N–H and O–H groups in total. The Morgan fingerprint density at radius 2 is 2.30 bits per heavy atom. The average molecular weight is 294 g/mol. The van der Waals surface area contributed by atoms with Crippen LogP contribution in [0.1, 0.15) is 12.5 Å². The second-order valence-electron chi connectivity index (χ2n) is 5.07. The monoisotopic (exact) mass is 293 g/mol. The number of aromatic hydroxyl groups is 1. The minimum Gasteiger partial charge on any atom is -0.507 e. The fourth-order valence-corrected chi connectivity index (χ4v) is 2.74. The molecule has 1 atom stereocenters. The van der Waals surface area contributed by atoms with Gasteiger partial charge < -0.3 is 14.7 Å². The van der Waals surface area contributed by atoms with Crippen LogP contribution in [0.2, 0.25) is 5.15 Å². The zero-order valence-corrected chi connectivity index (χ0v) is 12.2. The van der Waals surface area contributed by atoms with E-state index in [1.54, 1.807) is 12.3 Å². The van der Waals surface area contributed by atoms with Gasteiger partial charge in [-0.3, -0.25) is 0 Å². The van der Waals surface area contributed by atoms with E-state index in [4.69, 9.17) is 16.3 Å². The van der Waals surface area contributed by atoms with E-state index in [0.717, 1.165) is 12.1 Å². The molecule has 0 aromatic carbocycles. The van der Waals surface area contributed by atoms with E-state index in [1.807, 2.05) is 6.92 Å². The van der Waals surface area contributed by atoms with Crippen LogP contribution in [0.5, 0.6) is 5.75 Å². The quantitative estimate of drug-likeness (QED) is 0.819. The molecule has 6 heteroatoms. The van der Waals surface area contributed by atoms with Crippen molar-refractivity contribution in [1.29, 1.82) is 0 Å². The number of pyridine rings is 2. The first kappa shape index (κ1) is 13.4. The lowest BCUT2D eigenvalue weighted by Gasteiger charge is -2.34.